The predicted octanol–water partition coefficient (Wildman–Crippen LogP) is 4.45. The largest absolute Gasteiger partial charge is 0.427 e. The van der Waals surface area contributed by atoms with Crippen molar-refractivity contribution in [1.82, 2.24) is 9.55 Å². The number of hydrogen-bond acceptors (Lipinski definition) is 7. The molecule has 2 aromatic heterocycles. The second-order valence-electron chi connectivity index (χ2n) is 7.49. The summed E-state index contributed by atoms with van der Waals surface area (Å²) in [6, 6.07) is 7.05. The fourth-order valence-electron chi connectivity index (χ4n) is 4.02. The number of rotatable bonds is 4. The van der Waals surface area contributed by atoms with Crippen molar-refractivity contribution in [2.45, 2.75) is 41.2 Å². The molecule has 8 nitrogen and oxygen atoms in total. The number of carbonyl (C=O) groups is 3. The molecule has 2 heterocycles. The molecule has 32 heavy (non-hydrogen) atoms. The normalized spacial score (nSPS) is 11.2. The van der Waals surface area contributed by atoms with Crippen LogP contribution in [0.3, 0.4) is 0 Å². The Hall–Kier alpha value is -3.94. The maximum atomic E-state index is 12.1. The fraction of sp³-hybridized carbons (Fsp3) is 0.250. The number of ether oxygens (including phenoxy) is 3. The second kappa shape index (κ2) is 7.96. The monoisotopic (exact) mass is 434 g/mol. The van der Waals surface area contributed by atoms with Crippen LogP contribution in [0, 0.1) is 6.92 Å². The van der Waals surface area contributed by atoms with Crippen molar-refractivity contribution in [3.63, 3.8) is 0 Å². The Kier molecular flexibility index (Phi) is 5.30. The highest BCUT2D eigenvalue weighted by Gasteiger charge is 2.26. The molecule has 0 amide bonds. The Balaban J connectivity index is 2.29. The molecule has 0 bridgehead atoms. The summed E-state index contributed by atoms with van der Waals surface area (Å²) >= 11 is 0. The van der Waals surface area contributed by atoms with E-state index in [1.807, 2.05) is 30.5 Å². The molecule has 0 aliphatic carbocycles. The van der Waals surface area contributed by atoms with E-state index >= 15 is 0 Å². The number of carbonyl (C=O) groups excluding carboxylic acids is 3. The average Bonchev–Trinajstić information content (AvgIpc) is 3.03. The van der Waals surface area contributed by atoms with Gasteiger partial charge in [0.1, 0.15) is 11.3 Å². The van der Waals surface area contributed by atoms with Crippen molar-refractivity contribution in [1.29, 1.82) is 0 Å². The zero-order chi connectivity index (χ0) is 23.2. The van der Waals surface area contributed by atoms with Crippen molar-refractivity contribution in [3.05, 3.63) is 36.0 Å². The number of pyridine rings is 1. The molecular weight excluding hydrogens is 412 g/mol. The molecule has 0 fully saturated rings. The van der Waals surface area contributed by atoms with Crippen LogP contribution in [-0.4, -0.2) is 27.5 Å². The molecule has 0 radical (unpaired) electrons. The zero-order valence-electron chi connectivity index (χ0n) is 18.4. The summed E-state index contributed by atoms with van der Waals surface area (Å²) in [6.07, 6.45) is 1.66. The minimum atomic E-state index is -0.497. The number of nitrogens with zero attached hydrogens (tertiary/aromatic N) is 2. The van der Waals surface area contributed by atoms with E-state index in [2.05, 4.69) is 4.98 Å². The van der Waals surface area contributed by atoms with E-state index in [-0.39, 0.29) is 5.75 Å². The maximum Gasteiger partial charge on any atom is 0.308 e. The zero-order valence-corrected chi connectivity index (χ0v) is 18.4. The summed E-state index contributed by atoms with van der Waals surface area (Å²) < 4.78 is 18.6. The van der Waals surface area contributed by atoms with Crippen molar-refractivity contribution in [3.8, 4) is 17.2 Å². The smallest absolute Gasteiger partial charge is 0.308 e. The number of esters is 3. The van der Waals surface area contributed by atoms with Gasteiger partial charge in [0.25, 0.3) is 0 Å². The van der Waals surface area contributed by atoms with Crippen LogP contribution < -0.4 is 14.2 Å². The predicted molar refractivity (Wildman–Crippen MR) is 119 cm³/mol. The van der Waals surface area contributed by atoms with Crippen molar-refractivity contribution < 1.29 is 28.6 Å². The first kappa shape index (κ1) is 21.3. The summed E-state index contributed by atoms with van der Waals surface area (Å²) in [5.74, 6) is -0.496. The summed E-state index contributed by atoms with van der Waals surface area (Å²) in [4.78, 5) is 40.1. The summed E-state index contributed by atoms with van der Waals surface area (Å²) in [7, 11) is 0. The van der Waals surface area contributed by atoms with E-state index in [1.165, 1.54) is 20.8 Å². The van der Waals surface area contributed by atoms with Crippen LogP contribution in [0.1, 0.15) is 33.3 Å². The molecule has 0 aliphatic rings. The number of aryl methyl sites for hydroxylation is 2. The lowest BCUT2D eigenvalue weighted by Gasteiger charge is -2.15. The molecule has 0 aliphatic heterocycles. The Labute approximate surface area is 183 Å². The van der Waals surface area contributed by atoms with Gasteiger partial charge in [0.2, 0.25) is 0 Å². The Morgan fingerprint density at radius 3 is 2.19 bits per heavy atom. The summed E-state index contributed by atoms with van der Waals surface area (Å²) in [6.45, 7) is 8.33. The van der Waals surface area contributed by atoms with E-state index in [0.29, 0.717) is 45.2 Å². The van der Waals surface area contributed by atoms with E-state index < -0.39 is 17.9 Å². The van der Waals surface area contributed by atoms with Crippen LogP contribution in [0.25, 0.3) is 32.7 Å². The van der Waals surface area contributed by atoms with Gasteiger partial charge in [-0.15, -0.1) is 0 Å². The lowest BCUT2D eigenvalue weighted by atomic mass is 10.0. The van der Waals surface area contributed by atoms with Gasteiger partial charge in [-0.2, -0.15) is 0 Å². The minimum Gasteiger partial charge on any atom is -0.427 e. The molecule has 4 rings (SSSR count). The van der Waals surface area contributed by atoms with Gasteiger partial charge < -0.3 is 18.8 Å². The molecule has 0 spiro atoms. The van der Waals surface area contributed by atoms with Crippen molar-refractivity contribution in [2.24, 2.45) is 0 Å². The molecule has 164 valence electrons. The third kappa shape index (κ3) is 3.53. The molecule has 0 unspecified atom stereocenters. The molecule has 2 aromatic carbocycles. The highest BCUT2D eigenvalue weighted by molar-refractivity contribution is 6.21. The summed E-state index contributed by atoms with van der Waals surface area (Å²) in [5, 5.41) is 1.80. The Bertz CT molecular complexity index is 1430. The molecule has 4 aromatic rings. The number of fused-ring (bicyclic) bond motifs is 4. The van der Waals surface area contributed by atoms with Crippen LogP contribution >= 0.6 is 0 Å². The van der Waals surface area contributed by atoms with Crippen LogP contribution in [0.4, 0.5) is 0 Å². The number of aromatic nitrogens is 2. The molecule has 0 saturated carbocycles. The van der Waals surface area contributed by atoms with Crippen molar-refractivity contribution in [2.75, 3.05) is 0 Å². The van der Waals surface area contributed by atoms with Gasteiger partial charge in [-0.25, -0.2) is 0 Å². The first-order valence-corrected chi connectivity index (χ1v) is 10.1. The van der Waals surface area contributed by atoms with Crippen molar-refractivity contribution >= 4 is 50.6 Å². The third-order valence-electron chi connectivity index (χ3n) is 5.03. The molecule has 0 N–H and O–H groups in total. The van der Waals surface area contributed by atoms with E-state index in [0.717, 1.165) is 11.1 Å². The maximum absolute atomic E-state index is 12.1. The first-order valence-electron chi connectivity index (χ1n) is 10.1. The number of hydrogen-bond donors (Lipinski definition) is 0. The highest BCUT2D eigenvalue weighted by Crippen LogP contribution is 2.47. The second-order valence-corrected chi connectivity index (χ2v) is 7.49. The van der Waals surface area contributed by atoms with Gasteiger partial charge in [-0.05, 0) is 43.7 Å². The van der Waals surface area contributed by atoms with Crippen LogP contribution in [0.2, 0.25) is 0 Å². The topological polar surface area (TPSA) is 96.7 Å². The fourth-order valence-corrected chi connectivity index (χ4v) is 4.02. The molecule has 8 heteroatoms. The lowest BCUT2D eigenvalue weighted by molar-refractivity contribution is -0.132. The van der Waals surface area contributed by atoms with Gasteiger partial charge in [0.05, 0.1) is 10.9 Å². The van der Waals surface area contributed by atoms with Gasteiger partial charge in [0, 0.05) is 49.8 Å². The van der Waals surface area contributed by atoms with Crippen LogP contribution in [-0.2, 0) is 20.9 Å². The molecule has 0 saturated heterocycles. The Morgan fingerprint density at radius 1 is 0.906 bits per heavy atom. The quantitative estimate of drug-likeness (QED) is 0.346. The summed E-state index contributed by atoms with van der Waals surface area (Å²) in [5.41, 5.74) is 2.62. The van der Waals surface area contributed by atoms with Gasteiger partial charge >= 0.3 is 17.9 Å². The molecular formula is C24H22N2O6. The number of benzene rings is 2. The van der Waals surface area contributed by atoms with E-state index in [1.54, 1.807) is 18.3 Å². The van der Waals surface area contributed by atoms with Crippen LogP contribution in [0.5, 0.6) is 17.2 Å². The highest BCUT2D eigenvalue weighted by atomic mass is 16.5. The first-order chi connectivity index (χ1) is 15.2. The average molecular weight is 434 g/mol. The van der Waals surface area contributed by atoms with Gasteiger partial charge in [-0.3, -0.25) is 19.4 Å². The standard InChI is InChI=1S/C24H22N2O6/c1-6-26-19-8-7-16(30-13(3)27)10-17(19)20-22(26)24(32-15(5)29)21-18(9-12(2)11-25-21)23(20)31-14(4)28/h7-11H,6H2,1-5H3. The van der Waals surface area contributed by atoms with Gasteiger partial charge in [0.15, 0.2) is 11.5 Å². The SMILES string of the molecule is CCn1c2ccc(OC(C)=O)cc2c2c(OC(C)=O)c3cc(C)cnc3c(OC(C)=O)c21. The minimum absolute atomic E-state index is 0.283. The van der Waals surface area contributed by atoms with E-state index in [9.17, 15) is 14.4 Å². The van der Waals surface area contributed by atoms with E-state index in [4.69, 9.17) is 14.2 Å². The van der Waals surface area contributed by atoms with Crippen LogP contribution in [0.15, 0.2) is 30.5 Å². The Morgan fingerprint density at radius 2 is 1.56 bits per heavy atom. The lowest BCUT2D eigenvalue weighted by Crippen LogP contribution is -2.08. The molecule has 0 atom stereocenters. The third-order valence-corrected chi connectivity index (χ3v) is 5.03. The van der Waals surface area contributed by atoms with Gasteiger partial charge in [-0.1, -0.05) is 0 Å².